The molecule has 1 aromatic carbocycles. The first-order chi connectivity index (χ1) is 12.9. The van der Waals surface area contributed by atoms with Crippen molar-refractivity contribution in [3.63, 3.8) is 0 Å². The fourth-order valence-electron chi connectivity index (χ4n) is 2.26. The fraction of sp³-hybridized carbons (Fsp3) is 0.125. The average Bonchev–Trinajstić information content (AvgIpc) is 3.27. The van der Waals surface area contributed by atoms with Crippen LogP contribution in [0.3, 0.4) is 0 Å². The molecule has 2 heterocycles. The summed E-state index contributed by atoms with van der Waals surface area (Å²) in [4.78, 5) is 27.0. The molecule has 2 aromatic heterocycles. The second-order valence-corrected chi connectivity index (χ2v) is 5.59. The number of nitro benzene ring substituents is 1. The standard InChI is InChI=1S/C16H15N7O4/c1-9-12(8-18-22(9)2)13-7-14(20-19-13)16(24)27-21-15(17)10-3-5-11(6-4-10)23(25)26/h3-8H,1-2H3,(H2,17,21)(H,19,20). The Bertz CT molecular complexity index is 1030. The first-order valence-electron chi connectivity index (χ1n) is 7.71. The van der Waals surface area contributed by atoms with Crippen molar-refractivity contribution in [3.05, 3.63) is 63.6 Å². The summed E-state index contributed by atoms with van der Waals surface area (Å²) in [5.41, 5.74) is 8.33. The van der Waals surface area contributed by atoms with Gasteiger partial charge in [-0.1, -0.05) is 5.16 Å². The first kappa shape index (κ1) is 17.8. The van der Waals surface area contributed by atoms with Gasteiger partial charge in [-0.2, -0.15) is 10.2 Å². The van der Waals surface area contributed by atoms with Gasteiger partial charge in [0, 0.05) is 36.0 Å². The first-order valence-corrected chi connectivity index (χ1v) is 7.71. The van der Waals surface area contributed by atoms with Gasteiger partial charge in [0.25, 0.3) is 5.69 Å². The zero-order valence-corrected chi connectivity index (χ0v) is 14.4. The Kier molecular flexibility index (Phi) is 4.66. The second kappa shape index (κ2) is 7.07. The fourth-order valence-corrected chi connectivity index (χ4v) is 2.26. The lowest BCUT2D eigenvalue weighted by molar-refractivity contribution is -0.384. The molecular formula is C16H15N7O4. The van der Waals surface area contributed by atoms with Crippen LogP contribution in [0.15, 0.2) is 41.7 Å². The molecular weight excluding hydrogens is 354 g/mol. The monoisotopic (exact) mass is 369 g/mol. The highest BCUT2D eigenvalue weighted by molar-refractivity contribution is 5.98. The van der Waals surface area contributed by atoms with Crippen molar-refractivity contribution in [1.82, 2.24) is 20.0 Å². The topological polar surface area (TPSA) is 154 Å². The number of aromatic amines is 1. The van der Waals surface area contributed by atoms with Crippen LogP contribution >= 0.6 is 0 Å². The van der Waals surface area contributed by atoms with E-state index in [2.05, 4.69) is 20.5 Å². The number of nitrogens with one attached hydrogen (secondary N) is 1. The van der Waals surface area contributed by atoms with Crippen LogP contribution in [-0.4, -0.2) is 36.7 Å². The van der Waals surface area contributed by atoms with Gasteiger partial charge >= 0.3 is 5.97 Å². The number of oxime groups is 1. The van der Waals surface area contributed by atoms with E-state index in [1.54, 1.807) is 17.9 Å². The summed E-state index contributed by atoms with van der Waals surface area (Å²) in [5, 5.41) is 25.0. The van der Waals surface area contributed by atoms with Gasteiger partial charge < -0.3 is 10.6 Å². The molecule has 3 N–H and O–H groups in total. The van der Waals surface area contributed by atoms with E-state index in [1.807, 2.05) is 6.92 Å². The number of non-ortho nitro benzene ring substituents is 1. The molecule has 0 bridgehead atoms. The van der Waals surface area contributed by atoms with Gasteiger partial charge in [-0.15, -0.1) is 0 Å². The maximum atomic E-state index is 12.1. The lowest BCUT2D eigenvalue weighted by Crippen LogP contribution is -2.15. The van der Waals surface area contributed by atoms with E-state index in [0.717, 1.165) is 11.3 Å². The van der Waals surface area contributed by atoms with Crippen LogP contribution in [0.1, 0.15) is 21.7 Å². The molecule has 138 valence electrons. The molecule has 0 amide bonds. The van der Waals surface area contributed by atoms with E-state index in [1.165, 1.54) is 30.3 Å². The number of nitrogens with two attached hydrogens (primary N) is 1. The van der Waals surface area contributed by atoms with Crippen LogP contribution in [-0.2, 0) is 11.9 Å². The number of carbonyl (C=O) groups is 1. The van der Waals surface area contributed by atoms with Crippen LogP contribution in [0.5, 0.6) is 0 Å². The van der Waals surface area contributed by atoms with Gasteiger partial charge in [-0.25, -0.2) is 4.79 Å². The highest BCUT2D eigenvalue weighted by Gasteiger charge is 2.16. The number of hydrogen-bond donors (Lipinski definition) is 2. The smallest absolute Gasteiger partial charge is 0.380 e. The average molecular weight is 369 g/mol. The molecule has 0 saturated carbocycles. The third kappa shape index (κ3) is 3.66. The van der Waals surface area contributed by atoms with Crippen molar-refractivity contribution in [2.75, 3.05) is 0 Å². The summed E-state index contributed by atoms with van der Waals surface area (Å²) in [6, 6.07) is 6.88. The van der Waals surface area contributed by atoms with E-state index in [0.29, 0.717) is 11.3 Å². The summed E-state index contributed by atoms with van der Waals surface area (Å²) in [7, 11) is 1.80. The summed E-state index contributed by atoms with van der Waals surface area (Å²) in [5.74, 6) is -0.874. The molecule has 11 heteroatoms. The predicted molar refractivity (Wildman–Crippen MR) is 94.8 cm³/mol. The molecule has 0 atom stereocenters. The van der Waals surface area contributed by atoms with Gasteiger partial charge in [0.05, 0.1) is 16.8 Å². The lowest BCUT2D eigenvalue weighted by Gasteiger charge is -2.00. The van der Waals surface area contributed by atoms with Crippen LogP contribution in [0.25, 0.3) is 11.3 Å². The number of carbonyl (C=O) groups excluding carboxylic acids is 1. The predicted octanol–water partition coefficient (Wildman–Crippen LogP) is 1.50. The Morgan fingerprint density at radius 3 is 2.67 bits per heavy atom. The summed E-state index contributed by atoms with van der Waals surface area (Å²) < 4.78 is 1.69. The second-order valence-electron chi connectivity index (χ2n) is 5.59. The van der Waals surface area contributed by atoms with Crippen molar-refractivity contribution < 1.29 is 14.6 Å². The Balaban J connectivity index is 1.71. The number of nitro groups is 1. The van der Waals surface area contributed by atoms with E-state index >= 15 is 0 Å². The number of aromatic nitrogens is 4. The van der Waals surface area contributed by atoms with Gasteiger partial charge in [0.15, 0.2) is 5.84 Å². The van der Waals surface area contributed by atoms with Gasteiger partial charge in [0.1, 0.15) is 5.69 Å². The number of nitrogens with zero attached hydrogens (tertiary/aromatic N) is 5. The minimum atomic E-state index is -0.778. The number of H-pyrrole nitrogens is 1. The maximum absolute atomic E-state index is 12.1. The van der Waals surface area contributed by atoms with Crippen LogP contribution in [0.2, 0.25) is 0 Å². The highest BCUT2D eigenvalue weighted by Crippen LogP contribution is 2.21. The zero-order chi connectivity index (χ0) is 19.6. The van der Waals surface area contributed by atoms with Crippen LogP contribution < -0.4 is 5.73 Å². The highest BCUT2D eigenvalue weighted by atomic mass is 16.7. The number of amidine groups is 1. The Morgan fingerprint density at radius 1 is 1.37 bits per heavy atom. The molecule has 0 aliphatic heterocycles. The number of hydrogen-bond acceptors (Lipinski definition) is 7. The molecule has 11 nitrogen and oxygen atoms in total. The summed E-state index contributed by atoms with van der Waals surface area (Å²) >= 11 is 0. The van der Waals surface area contributed by atoms with E-state index < -0.39 is 10.9 Å². The normalized spacial score (nSPS) is 11.4. The molecule has 3 aromatic rings. The molecule has 0 fully saturated rings. The summed E-state index contributed by atoms with van der Waals surface area (Å²) in [6.45, 7) is 1.88. The van der Waals surface area contributed by atoms with Gasteiger partial charge in [-0.3, -0.25) is 19.9 Å². The zero-order valence-electron chi connectivity index (χ0n) is 14.4. The molecule has 3 rings (SSSR count). The maximum Gasteiger partial charge on any atom is 0.383 e. The van der Waals surface area contributed by atoms with Gasteiger partial charge in [0.2, 0.25) is 0 Å². The number of benzene rings is 1. The molecule has 27 heavy (non-hydrogen) atoms. The third-order valence-corrected chi connectivity index (χ3v) is 3.91. The largest absolute Gasteiger partial charge is 0.383 e. The quantitative estimate of drug-likeness (QED) is 0.227. The van der Waals surface area contributed by atoms with Crippen molar-refractivity contribution in [3.8, 4) is 11.3 Å². The Labute approximate surface area is 152 Å². The number of aryl methyl sites for hydroxylation is 1. The van der Waals surface area contributed by atoms with Crippen molar-refractivity contribution in [2.45, 2.75) is 6.92 Å². The minimum Gasteiger partial charge on any atom is -0.380 e. The molecule has 0 unspecified atom stereocenters. The third-order valence-electron chi connectivity index (χ3n) is 3.91. The van der Waals surface area contributed by atoms with E-state index in [-0.39, 0.29) is 17.2 Å². The molecule has 0 spiro atoms. The van der Waals surface area contributed by atoms with Gasteiger partial charge in [-0.05, 0) is 25.1 Å². The van der Waals surface area contributed by atoms with Crippen molar-refractivity contribution in [1.29, 1.82) is 0 Å². The van der Waals surface area contributed by atoms with Crippen LogP contribution in [0.4, 0.5) is 5.69 Å². The summed E-state index contributed by atoms with van der Waals surface area (Å²) in [6.07, 6.45) is 1.64. The van der Waals surface area contributed by atoms with Crippen molar-refractivity contribution in [2.24, 2.45) is 17.9 Å². The van der Waals surface area contributed by atoms with E-state index in [9.17, 15) is 14.9 Å². The molecule has 0 aliphatic carbocycles. The van der Waals surface area contributed by atoms with E-state index in [4.69, 9.17) is 10.6 Å². The van der Waals surface area contributed by atoms with Crippen LogP contribution in [0, 0.1) is 17.0 Å². The lowest BCUT2D eigenvalue weighted by atomic mass is 10.2. The Morgan fingerprint density at radius 2 is 2.07 bits per heavy atom. The molecule has 0 saturated heterocycles. The molecule has 0 aliphatic rings. The number of rotatable bonds is 5. The molecule has 0 radical (unpaired) electrons. The minimum absolute atomic E-state index is 0.0840. The SMILES string of the molecule is Cc1c(-c2cc(C(=O)O/N=C(\N)c3ccc([N+](=O)[O-])cc3)[nH]n2)cnn1C. The Hall–Kier alpha value is -4.02. The van der Waals surface area contributed by atoms with Crippen molar-refractivity contribution >= 4 is 17.5 Å².